The first-order valence-electron chi connectivity index (χ1n) is 8.45. The van der Waals surface area contributed by atoms with Gasteiger partial charge in [0.2, 0.25) is 0 Å². The molecule has 25 heavy (non-hydrogen) atoms. The number of benzene rings is 3. The fourth-order valence-corrected chi connectivity index (χ4v) is 3.00. The molecule has 0 fully saturated rings. The van der Waals surface area contributed by atoms with Gasteiger partial charge in [-0.25, -0.2) is 0 Å². The maximum atomic E-state index is 10.9. The fourth-order valence-electron chi connectivity index (χ4n) is 3.00. The number of aliphatic hydroxyl groups excluding tert-OH is 1. The zero-order valence-corrected chi connectivity index (χ0v) is 14.3. The molecule has 0 radical (unpaired) electrons. The second-order valence-corrected chi connectivity index (χ2v) is 6.21. The summed E-state index contributed by atoms with van der Waals surface area (Å²) < 4.78 is 0. The van der Waals surface area contributed by atoms with E-state index in [1.807, 2.05) is 85.8 Å². The molecular formula is C22H23NO2. The van der Waals surface area contributed by atoms with Crippen LogP contribution in [-0.4, -0.2) is 10.2 Å². The van der Waals surface area contributed by atoms with Crippen LogP contribution in [0.1, 0.15) is 34.4 Å². The summed E-state index contributed by atoms with van der Waals surface area (Å²) in [6.45, 7) is 2.35. The molecule has 0 amide bonds. The van der Waals surface area contributed by atoms with Gasteiger partial charge in [0, 0.05) is 12.1 Å². The van der Waals surface area contributed by atoms with Crippen molar-refractivity contribution in [2.24, 2.45) is 0 Å². The van der Waals surface area contributed by atoms with E-state index in [0.29, 0.717) is 12.3 Å². The molecule has 0 aliphatic heterocycles. The van der Waals surface area contributed by atoms with Crippen molar-refractivity contribution in [1.82, 2.24) is 5.32 Å². The van der Waals surface area contributed by atoms with Gasteiger partial charge >= 0.3 is 0 Å². The minimum absolute atomic E-state index is 0.275. The molecule has 0 bridgehead atoms. The standard InChI is InChI=1S/C22H23NO2/c1-16-9-8-14-19(21(16)24)15-23-20(17-10-4-2-5-11-17)22(25)18-12-6-3-7-13-18/h2-14,20,22-25H,15H2,1H3. The van der Waals surface area contributed by atoms with E-state index in [1.165, 1.54) is 0 Å². The maximum absolute atomic E-state index is 10.9. The summed E-state index contributed by atoms with van der Waals surface area (Å²) >= 11 is 0. The van der Waals surface area contributed by atoms with Crippen molar-refractivity contribution in [1.29, 1.82) is 0 Å². The van der Waals surface area contributed by atoms with Gasteiger partial charge in [-0.1, -0.05) is 78.9 Å². The van der Waals surface area contributed by atoms with Crippen LogP contribution in [0, 0.1) is 6.92 Å². The first kappa shape index (κ1) is 17.2. The van der Waals surface area contributed by atoms with Crippen LogP contribution in [0.3, 0.4) is 0 Å². The molecule has 0 spiro atoms. The Labute approximate surface area is 148 Å². The number of aliphatic hydroxyl groups is 1. The predicted molar refractivity (Wildman–Crippen MR) is 100 cm³/mol. The lowest BCUT2D eigenvalue weighted by Gasteiger charge is -2.25. The van der Waals surface area contributed by atoms with E-state index in [2.05, 4.69) is 5.32 Å². The molecule has 0 aliphatic rings. The molecule has 3 heteroatoms. The van der Waals surface area contributed by atoms with Crippen molar-refractivity contribution < 1.29 is 10.2 Å². The molecule has 0 aliphatic carbocycles. The number of nitrogens with one attached hydrogen (secondary N) is 1. The van der Waals surface area contributed by atoms with Crippen molar-refractivity contribution in [3.63, 3.8) is 0 Å². The van der Waals surface area contributed by atoms with Crippen LogP contribution in [0.2, 0.25) is 0 Å². The summed E-state index contributed by atoms with van der Waals surface area (Å²) in [7, 11) is 0. The molecular weight excluding hydrogens is 310 g/mol. The molecule has 2 unspecified atom stereocenters. The summed E-state index contributed by atoms with van der Waals surface area (Å²) in [5.41, 5.74) is 3.53. The Morgan fingerprint density at radius 3 is 2.04 bits per heavy atom. The normalized spacial score (nSPS) is 13.4. The Morgan fingerprint density at radius 1 is 0.800 bits per heavy atom. The Morgan fingerprint density at radius 2 is 1.40 bits per heavy atom. The minimum atomic E-state index is -0.685. The van der Waals surface area contributed by atoms with E-state index >= 15 is 0 Å². The van der Waals surface area contributed by atoms with Crippen molar-refractivity contribution in [3.05, 3.63) is 101 Å². The van der Waals surface area contributed by atoms with Crippen LogP contribution < -0.4 is 5.32 Å². The summed E-state index contributed by atoms with van der Waals surface area (Å²) in [5.74, 6) is 0.302. The topological polar surface area (TPSA) is 52.5 Å². The third-order valence-corrected chi connectivity index (χ3v) is 4.45. The molecule has 0 saturated carbocycles. The Kier molecular flexibility index (Phi) is 5.49. The molecule has 3 N–H and O–H groups in total. The highest BCUT2D eigenvalue weighted by atomic mass is 16.3. The highest BCUT2D eigenvalue weighted by Gasteiger charge is 2.22. The highest BCUT2D eigenvalue weighted by molar-refractivity contribution is 5.39. The predicted octanol–water partition coefficient (Wildman–Crippen LogP) is 4.27. The van der Waals surface area contributed by atoms with Crippen molar-refractivity contribution >= 4 is 0 Å². The minimum Gasteiger partial charge on any atom is -0.507 e. The second kappa shape index (κ2) is 7.97. The van der Waals surface area contributed by atoms with E-state index in [4.69, 9.17) is 0 Å². The quantitative estimate of drug-likeness (QED) is 0.631. The number of phenolic OH excluding ortho intramolecular Hbond substituents is 1. The van der Waals surface area contributed by atoms with Crippen molar-refractivity contribution in [3.8, 4) is 5.75 Å². The van der Waals surface area contributed by atoms with Crippen LogP contribution in [0.25, 0.3) is 0 Å². The lowest BCUT2D eigenvalue weighted by molar-refractivity contribution is 0.127. The van der Waals surface area contributed by atoms with Crippen molar-refractivity contribution in [2.45, 2.75) is 25.6 Å². The van der Waals surface area contributed by atoms with Crippen LogP contribution in [-0.2, 0) is 6.54 Å². The molecule has 3 nitrogen and oxygen atoms in total. The van der Waals surface area contributed by atoms with Gasteiger partial charge in [0.25, 0.3) is 0 Å². The lowest BCUT2D eigenvalue weighted by atomic mass is 9.95. The SMILES string of the molecule is Cc1cccc(CNC(c2ccccc2)C(O)c2ccccc2)c1O. The van der Waals surface area contributed by atoms with Crippen LogP contribution in [0.4, 0.5) is 0 Å². The smallest absolute Gasteiger partial charge is 0.122 e. The maximum Gasteiger partial charge on any atom is 0.122 e. The third kappa shape index (κ3) is 4.08. The summed E-state index contributed by atoms with van der Waals surface area (Å²) in [5, 5.41) is 24.6. The van der Waals surface area contributed by atoms with Gasteiger partial charge in [-0.2, -0.15) is 0 Å². The molecule has 0 heterocycles. The number of hydrogen-bond donors (Lipinski definition) is 3. The van der Waals surface area contributed by atoms with E-state index in [9.17, 15) is 10.2 Å². The number of aryl methyl sites for hydroxylation is 1. The first-order valence-corrected chi connectivity index (χ1v) is 8.45. The molecule has 3 aromatic rings. The highest BCUT2D eigenvalue weighted by Crippen LogP contribution is 2.30. The average molecular weight is 333 g/mol. The monoisotopic (exact) mass is 333 g/mol. The largest absolute Gasteiger partial charge is 0.507 e. The summed E-state index contributed by atoms with van der Waals surface area (Å²) in [6.07, 6.45) is -0.685. The molecule has 0 aromatic heterocycles. The van der Waals surface area contributed by atoms with E-state index < -0.39 is 6.10 Å². The first-order chi connectivity index (χ1) is 12.2. The molecule has 3 rings (SSSR count). The zero-order chi connectivity index (χ0) is 17.6. The van der Waals surface area contributed by atoms with Crippen LogP contribution in [0.5, 0.6) is 5.75 Å². The number of para-hydroxylation sites is 1. The van der Waals surface area contributed by atoms with E-state index in [1.54, 1.807) is 0 Å². The van der Waals surface area contributed by atoms with Gasteiger partial charge in [-0.05, 0) is 23.6 Å². The van der Waals surface area contributed by atoms with Gasteiger partial charge in [-0.3, -0.25) is 0 Å². The molecule has 3 aromatic carbocycles. The second-order valence-electron chi connectivity index (χ2n) is 6.21. The molecule has 2 atom stereocenters. The molecule has 0 saturated heterocycles. The summed E-state index contributed by atoms with van der Waals surface area (Å²) in [6, 6.07) is 24.9. The average Bonchev–Trinajstić information content (AvgIpc) is 2.66. The van der Waals surface area contributed by atoms with Gasteiger partial charge in [0.05, 0.1) is 12.1 Å². The van der Waals surface area contributed by atoms with Crippen LogP contribution in [0.15, 0.2) is 78.9 Å². The third-order valence-electron chi connectivity index (χ3n) is 4.45. The number of phenols is 1. The number of hydrogen-bond acceptors (Lipinski definition) is 3. The number of aromatic hydroxyl groups is 1. The Balaban J connectivity index is 1.86. The van der Waals surface area contributed by atoms with Gasteiger partial charge in [0.15, 0.2) is 0 Å². The Hall–Kier alpha value is -2.62. The fraction of sp³-hybridized carbons (Fsp3) is 0.182. The van der Waals surface area contributed by atoms with Crippen molar-refractivity contribution in [2.75, 3.05) is 0 Å². The lowest BCUT2D eigenvalue weighted by Crippen LogP contribution is -2.27. The molecule has 128 valence electrons. The number of rotatable bonds is 6. The Bertz CT molecular complexity index is 803. The van der Waals surface area contributed by atoms with Gasteiger partial charge in [-0.15, -0.1) is 0 Å². The van der Waals surface area contributed by atoms with E-state index in [-0.39, 0.29) is 6.04 Å². The van der Waals surface area contributed by atoms with E-state index in [0.717, 1.165) is 22.3 Å². The van der Waals surface area contributed by atoms with Gasteiger partial charge < -0.3 is 15.5 Å². The van der Waals surface area contributed by atoms with Crippen LogP contribution >= 0.6 is 0 Å². The van der Waals surface area contributed by atoms with Gasteiger partial charge in [0.1, 0.15) is 5.75 Å². The summed E-state index contributed by atoms with van der Waals surface area (Å²) in [4.78, 5) is 0. The zero-order valence-electron chi connectivity index (χ0n) is 14.3.